The molecule has 96 valence electrons. The maximum absolute atomic E-state index is 8.83. The van der Waals surface area contributed by atoms with Crippen LogP contribution in [0.3, 0.4) is 0 Å². The molecule has 1 unspecified atom stereocenters. The Balaban J connectivity index is 2.15. The first-order valence-corrected chi connectivity index (χ1v) is 7.11. The molecule has 3 nitrogen and oxygen atoms in total. The van der Waals surface area contributed by atoms with Gasteiger partial charge in [0, 0.05) is 29.3 Å². The lowest BCUT2D eigenvalue weighted by Gasteiger charge is -2.26. The van der Waals surface area contributed by atoms with Crippen molar-refractivity contribution < 1.29 is 0 Å². The van der Waals surface area contributed by atoms with Crippen LogP contribution in [0.5, 0.6) is 0 Å². The smallest absolute Gasteiger partial charge is 0.0638 e. The summed E-state index contributed by atoms with van der Waals surface area (Å²) < 4.78 is 1.15. The molecule has 18 heavy (non-hydrogen) atoms. The molecule has 0 saturated carbocycles. The molecule has 1 fully saturated rings. The highest BCUT2D eigenvalue weighted by Gasteiger charge is 2.17. The molecular formula is C14H18BrN3. The number of anilines is 1. The highest BCUT2D eigenvalue weighted by atomic mass is 79.9. The topological polar surface area (TPSA) is 39.1 Å². The van der Waals surface area contributed by atoms with Crippen molar-refractivity contribution in [2.45, 2.75) is 25.8 Å². The van der Waals surface area contributed by atoms with Gasteiger partial charge in [0.05, 0.1) is 12.5 Å². The molecule has 1 heterocycles. The summed E-state index contributed by atoms with van der Waals surface area (Å²) in [5.41, 5.74) is 2.50. The maximum atomic E-state index is 8.83. The first-order chi connectivity index (χ1) is 8.70. The second-order valence-corrected chi connectivity index (χ2v) is 5.60. The van der Waals surface area contributed by atoms with Gasteiger partial charge >= 0.3 is 0 Å². The molecule has 4 heteroatoms. The van der Waals surface area contributed by atoms with Gasteiger partial charge in [-0.2, -0.15) is 5.26 Å². The van der Waals surface area contributed by atoms with Crippen molar-refractivity contribution in [2.24, 2.45) is 0 Å². The standard InChI is InChI=1S/C14H18BrN3/c1-11-9-13(3-4-14(11)15)18-8-2-7-17-12(10-18)5-6-16/h3-4,9,12,17H,2,5,7-8,10H2,1H3. The fourth-order valence-corrected chi connectivity index (χ4v) is 2.55. The van der Waals surface area contributed by atoms with Gasteiger partial charge in [-0.1, -0.05) is 15.9 Å². The minimum atomic E-state index is 0.279. The third kappa shape index (κ3) is 3.24. The number of nitrogens with zero attached hydrogens (tertiary/aromatic N) is 2. The zero-order valence-corrected chi connectivity index (χ0v) is 12.2. The van der Waals surface area contributed by atoms with E-state index in [1.165, 1.54) is 11.3 Å². The fourth-order valence-electron chi connectivity index (χ4n) is 2.30. The highest BCUT2D eigenvalue weighted by Crippen LogP contribution is 2.24. The van der Waals surface area contributed by atoms with E-state index < -0.39 is 0 Å². The third-order valence-electron chi connectivity index (χ3n) is 3.32. The van der Waals surface area contributed by atoms with Crippen molar-refractivity contribution in [1.29, 1.82) is 5.26 Å². The highest BCUT2D eigenvalue weighted by molar-refractivity contribution is 9.10. The molecule has 1 aliphatic heterocycles. The van der Waals surface area contributed by atoms with Crippen LogP contribution in [0.25, 0.3) is 0 Å². The van der Waals surface area contributed by atoms with Crippen LogP contribution in [0.2, 0.25) is 0 Å². The van der Waals surface area contributed by atoms with E-state index in [4.69, 9.17) is 5.26 Å². The number of nitrogens with one attached hydrogen (secondary N) is 1. The predicted octanol–water partition coefficient (Wildman–Crippen LogP) is 2.84. The first kappa shape index (κ1) is 13.4. The van der Waals surface area contributed by atoms with Crippen LogP contribution in [0.4, 0.5) is 5.69 Å². The number of nitriles is 1. The number of hydrogen-bond acceptors (Lipinski definition) is 3. The maximum Gasteiger partial charge on any atom is 0.0638 e. The SMILES string of the molecule is Cc1cc(N2CCCNC(CC#N)C2)ccc1Br. The number of hydrogen-bond donors (Lipinski definition) is 1. The van der Waals surface area contributed by atoms with Crippen LogP contribution in [0.15, 0.2) is 22.7 Å². The summed E-state index contributed by atoms with van der Waals surface area (Å²) in [6.07, 6.45) is 1.70. The summed E-state index contributed by atoms with van der Waals surface area (Å²) in [5.74, 6) is 0. The Hall–Kier alpha value is -1.05. The van der Waals surface area contributed by atoms with Gasteiger partial charge < -0.3 is 10.2 Å². The average Bonchev–Trinajstić information content (AvgIpc) is 2.59. The van der Waals surface area contributed by atoms with Crippen LogP contribution in [-0.2, 0) is 0 Å². The Labute approximate surface area is 117 Å². The Morgan fingerprint density at radius 2 is 2.39 bits per heavy atom. The minimum Gasteiger partial charge on any atom is -0.370 e. The van der Waals surface area contributed by atoms with E-state index in [-0.39, 0.29) is 6.04 Å². The van der Waals surface area contributed by atoms with Gasteiger partial charge in [-0.05, 0) is 43.7 Å². The molecule has 0 bridgehead atoms. The van der Waals surface area contributed by atoms with E-state index in [1.807, 2.05) is 0 Å². The van der Waals surface area contributed by atoms with E-state index in [2.05, 4.69) is 57.3 Å². The molecule has 1 atom stereocenters. The van der Waals surface area contributed by atoms with Gasteiger partial charge in [-0.3, -0.25) is 0 Å². The number of halogens is 1. The number of benzene rings is 1. The summed E-state index contributed by atoms with van der Waals surface area (Å²) in [4.78, 5) is 2.38. The van der Waals surface area contributed by atoms with E-state index in [1.54, 1.807) is 0 Å². The molecule has 0 aromatic heterocycles. The molecular weight excluding hydrogens is 290 g/mol. The first-order valence-electron chi connectivity index (χ1n) is 6.32. The molecule has 1 N–H and O–H groups in total. The average molecular weight is 308 g/mol. The van der Waals surface area contributed by atoms with Crippen LogP contribution in [0.1, 0.15) is 18.4 Å². The largest absolute Gasteiger partial charge is 0.370 e. The van der Waals surface area contributed by atoms with Crippen molar-refractivity contribution in [2.75, 3.05) is 24.5 Å². The van der Waals surface area contributed by atoms with Crippen LogP contribution in [0, 0.1) is 18.3 Å². The van der Waals surface area contributed by atoms with Gasteiger partial charge in [0.1, 0.15) is 0 Å². The zero-order valence-electron chi connectivity index (χ0n) is 10.6. The van der Waals surface area contributed by atoms with Crippen molar-refractivity contribution >= 4 is 21.6 Å². The quantitative estimate of drug-likeness (QED) is 0.913. The summed E-state index contributed by atoms with van der Waals surface area (Å²) in [6.45, 7) is 5.07. The van der Waals surface area contributed by atoms with Crippen molar-refractivity contribution in [3.63, 3.8) is 0 Å². The Morgan fingerprint density at radius 1 is 1.56 bits per heavy atom. The lowest BCUT2D eigenvalue weighted by Crippen LogP contribution is -2.37. The summed E-state index contributed by atoms with van der Waals surface area (Å²) >= 11 is 3.53. The number of aryl methyl sites for hydroxylation is 1. The van der Waals surface area contributed by atoms with Gasteiger partial charge in [0.2, 0.25) is 0 Å². The van der Waals surface area contributed by atoms with E-state index in [0.29, 0.717) is 6.42 Å². The molecule has 1 aromatic rings. The molecule has 0 spiro atoms. The van der Waals surface area contributed by atoms with Gasteiger partial charge in [0.15, 0.2) is 0 Å². The molecule has 1 aromatic carbocycles. The molecule has 0 radical (unpaired) electrons. The van der Waals surface area contributed by atoms with E-state index in [9.17, 15) is 0 Å². The van der Waals surface area contributed by atoms with Gasteiger partial charge in [0.25, 0.3) is 0 Å². The van der Waals surface area contributed by atoms with Crippen LogP contribution >= 0.6 is 15.9 Å². The van der Waals surface area contributed by atoms with E-state index in [0.717, 1.165) is 30.5 Å². The summed E-state index contributed by atoms with van der Waals surface area (Å²) in [5, 5.41) is 12.3. The molecule has 1 aliphatic rings. The van der Waals surface area contributed by atoms with Crippen LogP contribution in [-0.4, -0.2) is 25.7 Å². The zero-order chi connectivity index (χ0) is 13.0. The molecule has 0 amide bonds. The molecule has 2 rings (SSSR count). The predicted molar refractivity (Wildman–Crippen MR) is 77.7 cm³/mol. The van der Waals surface area contributed by atoms with E-state index >= 15 is 0 Å². The Morgan fingerprint density at radius 3 is 3.11 bits per heavy atom. The minimum absolute atomic E-state index is 0.279. The summed E-state index contributed by atoms with van der Waals surface area (Å²) in [7, 11) is 0. The fraction of sp³-hybridized carbons (Fsp3) is 0.500. The third-order valence-corrected chi connectivity index (χ3v) is 4.21. The Bertz CT molecular complexity index is 453. The van der Waals surface area contributed by atoms with Crippen molar-refractivity contribution in [3.05, 3.63) is 28.2 Å². The van der Waals surface area contributed by atoms with Gasteiger partial charge in [-0.25, -0.2) is 0 Å². The monoisotopic (exact) mass is 307 g/mol. The van der Waals surface area contributed by atoms with Gasteiger partial charge in [-0.15, -0.1) is 0 Å². The van der Waals surface area contributed by atoms with Crippen molar-refractivity contribution in [3.8, 4) is 6.07 Å². The summed E-state index contributed by atoms with van der Waals surface area (Å²) in [6, 6.07) is 8.99. The number of rotatable bonds is 2. The molecule has 0 aliphatic carbocycles. The molecule has 1 saturated heterocycles. The second kappa shape index (κ2) is 6.21. The lowest BCUT2D eigenvalue weighted by atomic mass is 10.1. The normalized spacial score (nSPS) is 20.3. The lowest BCUT2D eigenvalue weighted by molar-refractivity contribution is 0.552. The van der Waals surface area contributed by atoms with Crippen LogP contribution < -0.4 is 10.2 Å². The van der Waals surface area contributed by atoms with Crippen molar-refractivity contribution in [1.82, 2.24) is 5.32 Å². The Kier molecular flexibility index (Phi) is 4.62. The second-order valence-electron chi connectivity index (χ2n) is 4.75.